The van der Waals surface area contributed by atoms with E-state index in [2.05, 4.69) is 10.2 Å². The minimum atomic E-state index is -0.100. The SMILES string of the molecule is CCNC(=O)c1ccc(N)c(OCCN2CCCC2)c1. The second kappa shape index (κ2) is 7.14. The Hall–Kier alpha value is -1.75. The molecule has 1 aliphatic heterocycles. The second-order valence-electron chi connectivity index (χ2n) is 5.01. The van der Waals surface area contributed by atoms with Crippen LogP contribution >= 0.6 is 0 Å². The van der Waals surface area contributed by atoms with Crippen LogP contribution in [0.5, 0.6) is 5.75 Å². The fraction of sp³-hybridized carbons (Fsp3) is 0.533. The lowest BCUT2D eigenvalue weighted by Crippen LogP contribution is -2.25. The van der Waals surface area contributed by atoms with Gasteiger partial charge >= 0.3 is 0 Å². The van der Waals surface area contributed by atoms with E-state index in [1.54, 1.807) is 18.2 Å². The van der Waals surface area contributed by atoms with Gasteiger partial charge in [-0.3, -0.25) is 9.69 Å². The van der Waals surface area contributed by atoms with Crippen molar-refractivity contribution in [1.29, 1.82) is 0 Å². The van der Waals surface area contributed by atoms with E-state index < -0.39 is 0 Å². The van der Waals surface area contributed by atoms with Gasteiger partial charge in [-0.15, -0.1) is 0 Å². The predicted molar refractivity (Wildman–Crippen MR) is 80.0 cm³/mol. The van der Waals surface area contributed by atoms with Crippen molar-refractivity contribution < 1.29 is 9.53 Å². The number of carbonyl (C=O) groups is 1. The number of nitrogens with one attached hydrogen (secondary N) is 1. The van der Waals surface area contributed by atoms with Crippen LogP contribution in [0.4, 0.5) is 5.69 Å². The molecule has 1 fully saturated rings. The van der Waals surface area contributed by atoms with E-state index >= 15 is 0 Å². The van der Waals surface area contributed by atoms with Crippen LogP contribution in [-0.4, -0.2) is 43.6 Å². The molecule has 20 heavy (non-hydrogen) atoms. The summed E-state index contributed by atoms with van der Waals surface area (Å²) in [6.45, 7) is 6.31. The summed E-state index contributed by atoms with van der Waals surface area (Å²) in [4.78, 5) is 14.2. The highest BCUT2D eigenvalue weighted by Crippen LogP contribution is 2.23. The average molecular weight is 277 g/mol. The third kappa shape index (κ3) is 3.87. The standard InChI is InChI=1S/C15H23N3O2/c1-2-17-15(19)12-5-6-13(16)14(11-12)20-10-9-18-7-3-4-8-18/h5-6,11H,2-4,7-10,16H2,1H3,(H,17,19). The zero-order chi connectivity index (χ0) is 14.4. The monoisotopic (exact) mass is 277 g/mol. The van der Waals surface area contributed by atoms with Gasteiger partial charge in [-0.2, -0.15) is 0 Å². The van der Waals surface area contributed by atoms with Gasteiger partial charge in [0.05, 0.1) is 5.69 Å². The Balaban J connectivity index is 1.92. The van der Waals surface area contributed by atoms with Gasteiger partial charge in [-0.1, -0.05) is 0 Å². The minimum Gasteiger partial charge on any atom is -0.490 e. The van der Waals surface area contributed by atoms with Gasteiger partial charge in [0, 0.05) is 18.7 Å². The summed E-state index contributed by atoms with van der Waals surface area (Å²) in [5, 5.41) is 2.77. The zero-order valence-corrected chi connectivity index (χ0v) is 12.0. The summed E-state index contributed by atoms with van der Waals surface area (Å²) in [5.74, 6) is 0.491. The molecule has 0 aliphatic carbocycles. The summed E-state index contributed by atoms with van der Waals surface area (Å²) in [6, 6.07) is 5.15. The molecule has 0 saturated carbocycles. The number of nitrogens with two attached hydrogens (primary N) is 1. The number of likely N-dealkylation sites (tertiary alicyclic amines) is 1. The highest BCUT2D eigenvalue weighted by atomic mass is 16.5. The van der Waals surface area contributed by atoms with Crippen molar-refractivity contribution in [2.24, 2.45) is 0 Å². The van der Waals surface area contributed by atoms with Crippen molar-refractivity contribution in [2.75, 3.05) is 38.5 Å². The molecule has 1 aliphatic rings. The Morgan fingerprint density at radius 2 is 2.15 bits per heavy atom. The maximum absolute atomic E-state index is 11.8. The van der Waals surface area contributed by atoms with Crippen molar-refractivity contribution >= 4 is 11.6 Å². The lowest BCUT2D eigenvalue weighted by molar-refractivity contribution is 0.0955. The van der Waals surface area contributed by atoms with Crippen LogP contribution in [0.15, 0.2) is 18.2 Å². The van der Waals surface area contributed by atoms with Gasteiger partial charge in [-0.05, 0) is 51.1 Å². The fourth-order valence-corrected chi connectivity index (χ4v) is 2.35. The van der Waals surface area contributed by atoms with Gasteiger partial charge in [0.15, 0.2) is 0 Å². The number of carbonyl (C=O) groups excluding carboxylic acids is 1. The molecule has 1 saturated heterocycles. The molecule has 0 aromatic heterocycles. The van der Waals surface area contributed by atoms with Gasteiger partial charge in [0.1, 0.15) is 12.4 Å². The summed E-state index contributed by atoms with van der Waals surface area (Å²) < 4.78 is 5.72. The first-order chi connectivity index (χ1) is 9.70. The highest BCUT2D eigenvalue weighted by Gasteiger charge is 2.12. The Kier molecular flexibility index (Phi) is 5.24. The van der Waals surface area contributed by atoms with E-state index in [1.165, 1.54) is 12.8 Å². The molecule has 0 atom stereocenters. The number of hydrogen-bond donors (Lipinski definition) is 2. The number of amides is 1. The molecular formula is C15H23N3O2. The summed E-state index contributed by atoms with van der Waals surface area (Å²) >= 11 is 0. The number of nitrogens with zero attached hydrogens (tertiary/aromatic N) is 1. The van der Waals surface area contributed by atoms with Crippen LogP contribution in [0.3, 0.4) is 0 Å². The van der Waals surface area contributed by atoms with E-state index in [0.29, 0.717) is 30.2 Å². The molecule has 0 bridgehead atoms. The first-order valence-electron chi connectivity index (χ1n) is 7.23. The van der Waals surface area contributed by atoms with Crippen LogP contribution in [0.25, 0.3) is 0 Å². The van der Waals surface area contributed by atoms with Crippen molar-refractivity contribution in [3.05, 3.63) is 23.8 Å². The van der Waals surface area contributed by atoms with Gasteiger partial charge in [-0.25, -0.2) is 0 Å². The van der Waals surface area contributed by atoms with Crippen LogP contribution in [-0.2, 0) is 0 Å². The number of rotatable bonds is 6. The smallest absolute Gasteiger partial charge is 0.251 e. The summed E-state index contributed by atoms with van der Waals surface area (Å²) in [5.41, 5.74) is 7.04. The van der Waals surface area contributed by atoms with Crippen LogP contribution < -0.4 is 15.8 Å². The predicted octanol–water partition coefficient (Wildman–Crippen LogP) is 1.49. The molecule has 5 heteroatoms. The summed E-state index contributed by atoms with van der Waals surface area (Å²) in [6.07, 6.45) is 2.55. The first-order valence-corrected chi connectivity index (χ1v) is 7.23. The van der Waals surface area contributed by atoms with Crippen molar-refractivity contribution in [2.45, 2.75) is 19.8 Å². The molecule has 0 radical (unpaired) electrons. The lowest BCUT2D eigenvalue weighted by atomic mass is 10.2. The maximum atomic E-state index is 11.8. The molecule has 3 N–H and O–H groups in total. The average Bonchev–Trinajstić information content (AvgIpc) is 2.94. The number of nitrogen functional groups attached to an aromatic ring is 1. The highest BCUT2D eigenvalue weighted by molar-refractivity contribution is 5.95. The molecule has 110 valence electrons. The number of anilines is 1. The van der Waals surface area contributed by atoms with E-state index in [-0.39, 0.29) is 5.91 Å². The molecule has 5 nitrogen and oxygen atoms in total. The molecule has 1 amide bonds. The Morgan fingerprint density at radius 3 is 2.85 bits per heavy atom. The van der Waals surface area contributed by atoms with Gasteiger partial charge in [0.2, 0.25) is 0 Å². The van der Waals surface area contributed by atoms with E-state index in [9.17, 15) is 4.79 Å². The lowest BCUT2D eigenvalue weighted by Gasteiger charge is -2.16. The van der Waals surface area contributed by atoms with Crippen molar-refractivity contribution in [3.63, 3.8) is 0 Å². The second-order valence-corrected chi connectivity index (χ2v) is 5.01. The Labute approximate surface area is 120 Å². The molecule has 1 aromatic rings. The first kappa shape index (κ1) is 14.7. The largest absolute Gasteiger partial charge is 0.490 e. The fourth-order valence-electron chi connectivity index (χ4n) is 2.35. The molecule has 2 rings (SSSR count). The van der Waals surface area contributed by atoms with Crippen LogP contribution in [0, 0.1) is 0 Å². The summed E-state index contributed by atoms with van der Waals surface area (Å²) in [7, 11) is 0. The van der Waals surface area contributed by atoms with Crippen molar-refractivity contribution in [1.82, 2.24) is 10.2 Å². The molecule has 0 spiro atoms. The van der Waals surface area contributed by atoms with E-state index in [0.717, 1.165) is 19.6 Å². The zero-order valence-electron chi connectivity index (χ0n) is 12.0. The quantitative estimate of drug-likeness (QED) is 0.773. The molecule has 1 aromatic carbocycles. The van der Waals surface area contributed by atoms with E-state index in [1.807, 2.05) is 6.92 Å². The maximum Gasteiger partial charge on any atom is 0.251 e. The van der Waals surface area contributed by atoms with Gasteiger partial charge in [0.25, 0.3) is 5.91 Å². The Morgan fingerprint density at radius 1 is 1.40 bits per heavy atom. The minimum absolute atomic E-state index is 0.100. The number of hydrogen-bond acceptors (Lipinski definition) is 4. The number of ether oxygens (including phenoxy) is 1. The number of benzene rings is 1. The van der Waals surface area contributed by atoms with Crippen LogP contribution in [0.1, 0.15) is 30.1 Å². The van der Waals surface area contributed by atoms with Gasteiger partial charge < -0.3 is 15.8 Å². The topological polar surface area (TPSA) is 67.6 Å². The van der Waals surface area contributed by atoms with E-state index in [4.69, 9.17) is 10.5 Å². The Bertz CT molecular complexity index is 456. The normalized spacial score (nSPS) is 15.2. The molecule has 0 unspecified atom stereocenters. The third-order valence-corrected chi connectivity index (χ3v) is 3.48. The third-order valence-electron chi connectivity index (χ3n) is 3.48. The molecular weight excluding hydrogens is 254 g/mol. The van der Waals surface area contributed by atoms with Crippen LogP contribution in [0.2, 0.25) is 0 Å². The van der Waals surface area contributed by atoms with Crippen molar-refractivity contribution in [3.8, 4) is 5.75 Å². The molecule has 1 heterocycles.